The van der Waals surface area contributed by atoms with Gasteiger partial charge in [-0.3, -0.25) is 9.59 Å². The molecule has 2 amide bonds. The van der Waals surface area contributed by atoms with Crippen LogP contribution in [0.3, 0.4) is 0 Å². The van der Waals surface area contributed by atoms with Crippen molar-refractivity contribution in [3.63, 3.8) is 0 Å². The molecule has 1 aromatic rings. The number of carbonyl (C=O) groups excluding carboxylic acids is 2. The van der Waals surface area contributed by atoms with Gasteiger partial charge in [0, 0.05) is 31.7 Å². The van der Waals surface area contributed by atoms with Gasteiger partial charge in [0.05, 0.1) is 6.26 Å². The summed E-state index contributed by atoms with van der Waals surface area (Å²) in [5, 5.41) is 2.53. The lowest BCUT2D eigenvalue weighted by molar-refractivity contribution is -0.124. The first-order chi connectivity index (χ1) is 11.3. The van der Waals surface area contributed by atoms with Gasteiger partial charge in [-0.1, -0.05) is 18.2 Å². The molecule has 3 rings (SSSR count). The molecule has 1 aromatic carbocycles. The number of nitrogens with zero attached hydrogens (tertiary/aromatic N) is 2. The van der Waals surface area contributed by atoms with Gasteiger partial charge in [-0.05, 0) is 24.5 Å². The van der Waals surface area contributed by atoms with Crippen molar-refractivity contribution in [3.8, 4) is 0 Å². The summed E-state index contributed by atoms with van der Waals surface area (Å²) in [5.74, 6) is -0.416. The van der Waals surface area contributed by atoms with Crippen molar-refractivity contribution in [3.05, 3.63) is 35.9 Å². The van der Waals surface area contributed by atoms with Gasteiger partial charge in [0.1, 0.15) is 6.04 Å². The second-order valence-corrected chi connectivity index (χ2v) is 8.25. The highest BCUT2D eigenvalue weighted by atomic mass is 32.2. The molecule has 2 aliphatic heterocycles. The summed E-state index contributed by atoms with van der Waals surface area (Å²) in [6, 6.07) is 7.91. The minimum absolute atomic E-state index is 0.0188. The van der Waals surface area contributed by atoms with E-state index in [-0.39, 0.29) is 23.8 Å². The van der Waals surface area contributed by atoms with Crippen LogP contribution in [0.5, 0.6) is 0 Å². The standard InChI is InChI=1S/C16H21N3O4S/c1-17-15(20)13-8-12-9-18(10-14(12)19(13)24(2,22)23)16(21)11-6-4-3-5-7-11/h3-7,12-14H,8-10H2,1-2H3,(H,17,20)/t12-,13-,14+/m1/s1. The number of fused-ring (bicyclic) bond motifs is 1. The molecule has 0 aliphatic carbocycles. The van der Waals surface area contributed by atoms with Crippen LogP contribution in [-0.2, 0) is 14.8 Å². The van der Waals surface area contributed by atoms with Gasteiger partial charge in [-0.2, -0.15) is 4.31 Å². The fourth-order valence-corrected chi connectivity index (χ4v) is 5.17. The molecule has 8 heteroatoms. The van der Waals surface area contributed by atoms with Crippen molar-refractivity contribution >= 4 is 21.8 Å². The second kappa shape index (κ2) is 6.18. The van der Waals surface area contributed by atoms with E-state index in [4.69, 9.17) is 0 Å². The maximum absolute atomic E-state index is 12.6. The predicted molar refractivity (Wildman–Crippen MR) is 88.8 cm³/mol. The van der Waals surface area contributed by atoms with Crippen LogP contribution >= 0.6 is 0 Å². The number of nitrogens with one attached hydrogen (secondary N) is 1. The molecule has 2 aliphatic rings. The Morgan fingerprint density at radius 3 is 2.42 bits per heavy atom. The van der Waals surface area contributed by atoms with E-state index in [1.54, 1.807) is 29.2 Å². The monoisotopic (exact) mass is 351 g/mol. The molecule has 24 heavy (non-hydrogen) atoms. The molecule has 0 aromatic heterocycles. The quantitative estimate of drug-likeness (QED) is 0.824. The molecule has 2 saturated heterocycles. The summed E-state index contributed by atoms with van der Waals surface area (Å²) in [4.78, 5) is 26.3. The average Bonchev–Trinajstić information content (AvgIpc) is 3.10. The van der Waals surface area contributed by atoms with Crippen molar-refractivity contribution < 1.29 is 18.0 Å². The Labute approximate surface area is 141 Å². The lowest BCUT2D eigenvalue weighted by atomic mass is 10.0. The van der Waals surface area contributed by atoms with Crippen LogP contribution in [0.15, 0.2) is 30.3 Å². The first kappa shape index (κ1) is 16.9. The third kappa shape index (κ3) is 2.91. The zero-order valence-electron chi connectivity index (χ0n) is 13.7. The number of benzene rings is 1. The molecule has 0 unspecified atom stereocenters. The highest BCUT2D eigenvalue weighted by Gasteiger charge is 2.53. The number of likely N-dealkylation sites (tertiary alicyclic amines) is 1. The van der Waals surface area contributed by atoms with Crippen molar-refractivity contribution in [1.82, 2.24) is 14.5 Å². The molecular formula is C16H21N3O4S. The van der Waals surface area contributed by atoms with Crippen LogP contribution < -0.4 is 5.32 Å². The van der Waals surface area contributed by atoms with Crippen LogP contribution in [-0.4, -0.2) is 67.9 Å². The molecule has 0 radical (unpaired) electrons. The van der Waals surface area contributed by atoms with Gasteiger partial charge in [0.2, 0.25) is 15.9 Å². The van der Waals surface area contributed by atoms with Gasteiger partial charge in [0.15, 0.2) is 0 Å². The van der Waals surface area contributed by atoms with E-state index in [1.165, 1.54) is 11.4 Å². The lowest BCUT2D eigenvalue weighted by Crippen LogP contribution is -2.49. The average molecular weight is 351 g/mol. The molecule has 7 nitrogen and oxygen atoms in total. The Bertz CT molecular complexity index is 750. The molecule has 0 bridgehead atoms. The van der Waals surface area contributed by atoms with E-state index in [1.807, 2.05) is 6.07 Å². The van der Waals surface area contributed by atoms with Gasteiger partial charge in [0.25, 0.3) is 5.91 Å². The Morgan fingerprint density at radius 2 is 1.83 bits per heavy atom. The van der Waals surface area contributed by atoms with Crippen LogP contribution in [0.1, 0.15) is 16.8 Å². The Hall–Kier alpha value is -1.93. The van der Waals surface area contributed by atoms with Gasteiger partial charge in [-0.15, -0.1) is 0 Å². The van der Waals surface area contributed by atoms with Crippen LogP contribution in [0.4, 0.5) is 0 Å². The maximum Gasteiger partial charge on any atom is 0.253 e. The van der Waals surface area contributed by atoms with Crippen molar-refractivity contribution in [1.29, 1.82) is 0 Å². The molecule has 0 saturated carbocycles. The highest BCUT2D eigenvalue weighted by molar-refractivity contribution is 7.88. The summed E-state index contributed by atoms with van der Waals surface area (Å²) in [6.45, 7) is 0.789. The molecule has 2 fully saturated rings. The van der Waals surface area contributed by atoms with Gasteiger partial charge < -0.3 is 10.2 Å². The molecule has 3 atom stereocenters. The third-order valence-electron chi connectivity index (χ3n) is 4.81. The Kier molecular flexibility index (Phi) is 4.35. The zero-order chi connectivity index (χ0) is 17.5. The Balaban J connectivity index is 1.82. The summed E-state index contributed by atoms with van der Waals surface area (Å²) >= 11 is 0. The lowest BCUT2D eigenvalue weighted by Gasteiger charge is -2.27. The fraction of sp³-hybridized carbons (Fsp3) is 0.500. The summed E-state index contributed by atoms with van der Waals surface area (Å²) in [6.07, 6.45) is 1.56. The minimum atomic E-state index is -3.54. The number of hydrogen-bond donors (Lipinski definition) is 1. The van der Waals surface area contributed by atoms with Crippen molar-refractivity contribution in [2.24, 2.45) is 5.92 Å². The van der Waals surface area contributed by atoms with Crippen LogP contribution in [0, 0.1) is 5.92 Å². The number of amides is 2. The fourth-order valence-electron chi connectivity index (χ4n) is 3.79. The van der Waals surface area contributed by atoms with Crippen LogP contribution in [0.25, 0.3) is 0 Å². The zero-order valence-corrected chi connectivity index (χ0v) is 14.5. The molecule has 130 valence electrons. The molecule has 1 N–H and O–H groups in total. The molecular weight excluding hydrogens is 330 g/mol. The van der Waals surface area contributed by atoms with Crippen molar-refractivity contribution in [2.45, 2.75) is 18.5 Å². The van der Waals surface area contributed by atoms with E-state index in [0.717, 1.165) is 6.26 Å². The van der Waals surface area contributed by atoms with Gasteiger partial charge >= 0.3 is 0 Å². The largest absolute Gasteiger partial charge is 0.358 e. The number of hydrogen-bond acceptors (Lipinski definition) is 4. The first-order valence-electron chi connectivity index (χ1n) is 7.87. The van der Waals surface area contributed by atoms with E-state index in [2.05, 4.69) is 5.32 Å². The summed E-state index contributed by atoms with van der Waals surface area (Å²) in [7, 11) is -2.04. The SMILES string of the molecule is CNC(=O)[C@H]1C[C@@H]2CN(C(=O)c3ccccc3)C[C@@H]2N1S(C)(=O)=O. The minimum Gasteiger partial charge on any atom is -0.358 e. The molecule has 0 spiro atoms. The topological polar surface area (TPSA) is 86.8 Å². The number of carbonyl (C=O) groups is 2. The predicted octanol–water partition coefficient (Wildman–Crippen LogP) is -0.0929. The van der Waals surface area contributed by atoms with Gasteiger partial charge in [-0.25, -0.2) is 8.42 Å². The van der Waals surface area contributed by atoms with Crippen LogP contribution in [0.2, 0.25) is 0 Å². The number of likely N-dealkylation sites (N-methyl/N-ethyl adjacent to an activating group) is 1. The van der Waals surface area contributed by atoms with E-state index < -0.39 is 16.1 Å². The third-order valence-corrected chi connectivity index (χ3v) is 6.10. The second-order valence-electron chi connectivity index (χ2n) is 6.36. The van der Waals surface area contributed by atoms with E-state index in [0.29, 0.717) is 25.1 Å². The highest BCUT2D eigenvalue weighted by Crippen LogP contribution is 2.37. The summed E-state index contributed by atoms with van der Waals surface area (Å²) < 4.78 is 25.7. The number of rotatable bonds is 3. The maximum atomic E-state index is 12.6. The summed E-state index contributed by atoms with van der Waals surface area (Å²) in [5.41, 5.74) is 0.589. The first-order valence-corrected chi connectivity index (χ1v) is 9.72. The normalized spacial score (nSPS) is 27.1. The van der Waals surface area contributed by atoms with E-state index in [9.17, 15) is 18.0 Å². The Morgan fingerprint density at radius 1 is 1.17 bits per heavy atom. The number of sulfonamides is 1. The van der Waals surface area contributed by atoms with Crippen molar-refractivity contribution in [2.75, 3.05) is 26.4 Å². The molecule has 2 heterocycles. The smallest absolute Gasteiger partial charge is 0.253 e. The van der Waals surface area contributed by atoms with E-state index >= 15 is 0 Å².